The molecule has 1 rings (SSSR count). The highest BCUT2D eigenvalue weighted by atomic mass is 16.5. The van der Waals surface area contributed by atoms with Crippen LogP contribution >= 0.6 is 0 Å². The summed E-state index contributed by atoms with van der Waals surface area (Å²) in [5.74, 6) is -0.130. The Labute approximate surface area is 117 Å². The molecule has 7 nitrogen and oxygen atoms in total. The fraction of sp³-hybridized carbons (Fsp3) is 0.385. The third kappa shape index (κ3) is 6.60. The van der Waals surface area contributed by atoms with Crippen molar-refractivity contribution in [3.05, 3.63) is 24.3 Å². The second-order valence-electron chi connectivity index (χ2n) is 4.10. The molecule has 0 spiro atoms. The van der Waals surface area contributed by atoms with Gasteiger partial charge in [0, 0.05) is 38.0 Å². The summed E-state index contributed by atoms with van der Waals surface area (Å²) in [7, 11) is 1.56. The van der Waals surface area contributed by atoms with E-state index in [0.29, 0.717) is 24.5 Å². The maximum atomic E-state index is 11.5. The van der Waals surface area contributed by atoms with Gasteiger partial charge in [-0.25, -0.2) is 4.79 Å². The van der Waals surface area contributed by atoms with Gasteiger partial charge in [0.1, 0.15) is 0 Å². The highest BCUT2D eigenvalue weighted by Gasteiger charge is 2.03. The number of ether oxygens (including phenoxy) is 1. The molecule has 0 aromatic heterocycles. The molecule has 0 aliphatic rings. The van der Waals surface area contributed by atoms with Crippen LogP contribution in [0.25, 0.3) is 0 Å². The molecule has 0 radical (unpaired) electrons. The number of rotatable bonds is 7. The van der Waals surface area contributed by atoms with Crippen LogP contribution in [0.1, 0.15) is 6.42 Å². The van der Waals surface area contributed by atoms with E-state index < -0.39 is 0 Å². The molecule has 7 heteroatoms. The van der Waals surface area contributed by atoms with Crippen LogP contribution in [-0.2, 0) is 9.53 Å². The van der Waals surface area contributed by atoms with Crippen molar-refractivity contribution < 1.29 is 14.3 Å². The summed E-state index contributed by atoms with van der Waals surface area (Å²) in [6, 6.07) is 6.43. The van der Waals surface area contributed by atoms with Gasteiger partial charge in [0.05, 0.1) is 6.61 Å². The van der Waals surface area contributed by atoms with Gasteiger partial charge in [-0.05, 0) is 24.3 Å². The van der Waals surface area contributed by atoms with Crippen LogP contribution in [0.3, 0.4) is 0 Å². The average Bonchev–Trinajstić information content (AvgIpc) is 2.42. The number of amides is 3. The number of urea groups is 1. The van der Waals surface area contributed by atoms with Crippen LogP contribution < -0.4 is 21.7 Å². The highest BCUT2D eigenvalue weighted by molar-refractivity contribution is 5.89. The van der Waals surface area contributed by atoms with Crippen molar-refractivity contribution in [3.8, 4) is 0 Å². The van der Waals surface area contributed by atoms with Gasteiger partial charge < -0.3 is 26.4 Å². The van der Waals surface area contributed by atoms with Crippen LogP contribution in [-0.4, -0.2) is 38.7 Å². The summed E-state index contributed by atoms with van der Waals surface area (Å²) in [6.45, 7) is 1.20. The Morgan fingerprint density at radius 1 is 1.15 bits per heavy atom. The van der Waals surface area contributed by atoms with Crippen molar-refractivity contribution in [1.29, 1.82) is 0 Å². The molecular formula is C13H20N4O3. The van der Waals surface area contributed by atoms with E-state index in [0.717, 1.165) is 0 Å². The first-order valence-corrected chi connectivity index (χ1v) is 6.28. The summed E-state index contributed by atoms with van der Waals surface area (Å²) in [4.78, 5) is 22.9. The number of carbonyl (C=O) groups excluding carboxylic acids is 2. The topological polar surface area (TPSA) is 105 Å². The Hall–Kier alpha value is -2.28. The molecule has 110 valence electrons. The van der Waals surface area contributed by atoms with E-state index in [4.69, 9.17) is 10.5 Å². The zero-order valence-corrected chi connectivity index (χ0v) is 11.4. The van der Waals surface area contributed by atoms with Gasteiger partial charge in [-0.15, -0.1) is 0 Å². The van der Waals surface area contributed by atoms with Crippen LogP contribution in [0, 0.1) is 0 Å². The minimum Gasteiger partial charge on any atom is -0.399 e. The zero-order valence-electron chi connectivity index (χ0n) is 11.4. The van der Waals surface area contributed by atoms with Crippen LogP contribution in [0.5, 0.6) is 0 Å². The van der Waals surface area contributed by atoms with E-state index in [9.17, 15) is 9.59 Å². The Morgan fingerprint density at radius 3 is 2.50 bits per heavy atom. The summed E-state index contributed by atoms with van der Waals surface area (Å²) in [5, 5.41) is 7.90. The second-order valence-corrected chi connectivity index (χ2v) is 4.10. The smallest absolute Gasteiger partial charge is 0.319 e. The van der Waals surface area contributed by atoms with Crippen molar-refractivity contribution in [3.63, 3.8) is 0 Å². The largest absolute Gasteiger partial charge is 0.399 e. The lowest BCUT2D eigenvalue weighted by Gasteiger charge is -2.08. The molecule has 3 amide bonds. The van der Waals surface area contributed by atoms with Crippen molar-refractivity contribution in [2.45, 2.75) is 6.42 Å². The van der Waals surface area contributed by atoms with Gasteiger partial charge in [0.25, 0.3) is 0 Å². The Kier molecular flexibility index (Phi) is 6.91. The molecule has 5 N–H and O–H groups in total. The first-order chi connectivity index (χ1) is 9.61. The SMILES string of the molecule is COCCNC(=O)CCNC(=O)Nc1ccc(N)cc1. The Bertz CT molecular complexity index is 434. The standard InChI is InChI=1S/C13H20N4O3/c1-20-9-8-15-12(18)6-7-16-13(19)17-11-4-2-10(14)3-5-11/h2-5H,6-9,14H2,1H3,(H,15,18)(H2,16,17,19). The number of carbonyl (C=O) groups is 2. The number of nitrogen functional groups attached to an aromatic ring is 1. The fourth-order valence-electron chi connectivity index (χ4n) is 1.41. The number of nitrogens with one attached hydrogen (secondary N) is 3. The molecule has 0 atom stereocenters. The number of hydrogen-bond donors (Lipinski definition) is 4. The first kappa shape index (κ1) is 15.8. The van der Waals surface area contributed by atoms with Crippen LogP contribution in [0.4, 0.5) is 16.2 Å². The molecule has 1 aromatic carbocycles. The normalized spacial score (nSPS) is 9.85. The number of hydrogen-bond acceptors (Lipinski definition) is 4. The quantitative estimate of drug-likeness (QED) is 0.432. The summed E-state index contributed by atoms with van der Waals surface area (Å²) in [6.07, 6.45) is 0.221. The van der Waals surface area contributed by atoms with Crippen LogP contribution in [0.2, 0.25) is 0 Å². The van der Waals surface area contributed by atoms with Crippen LogP contribution in [0.15, 0.2) is 24.3 Å². The molecule has 0 saturated carbocycles. The zero-order chi connectivity index (χ0) is 14.8. The molecule has 0 saturated heterocycles. The molecule has 20 heavy (non-hydrogen) atoms. The van der Waals surface area contributed by atoms with E-state index in [1.807, 2.05) is 0 Å². The molecule has 0 aliphatic heterocycles. The summed E-state index contributed by atoms with van der Waals surface area (Å²) < 4.78 is 4.81. The molecule has 0 heterocycles. The lowest BCUT2D eigenvalue weighted by Crippen LogP contribution is -2.34. The second kappa shape index (κ2) is 8.76. The lowest BCUT2D eigenvalue weighted by molar-refractivity contribution is -0.121. The molecule has 0 bridgehead atoms. The monoisotopic (exact) mass is 280 g/mol. The summed E-state index contributed by atoms with van der Waals surface area (Å²) in [5.41, 5.74) is 6.81. The molecule has 0 fully saturated rings. The van der Waals surface area contributed by atoms with E-state index >= 15 is 0 Å². The molecule has 1 aromatic rings. The predicted molar refractivity (Wildman–Crippen MR) is 77.4 cm³/mol. The number of methoxy groups -OCH3 is 1. The van der Waals surface area contributed by atoms with E-state index in [1.54, 1.807) is 31.4 Å². The lowest BCUT2D eigenvalue weighted by atomic mass is 10.3. The maximum Gasteiger partial charge on any atom is 0.319 e. The third-order valence-electron chi connectivity index (χ3n) is 2.43. The maximum absolute atomic E-state index is 11.5. The third-order valence-corrected chi connectivity index (χ3v) is 2.43. The van der Waals surface area contributed by atoms with Crippen molar-refractivity contribution >= 4 is 23.3 Å². The number of anilines is 2. The fourth-order valence-corrected chi connectivity index (χ4v) is 1.41. The minimum atomic E-state index is -0.362. The van der Waals surface area contributed by atoms with Crippen molar-refractivity contribution in [2.24, 2.45) is 0 Å². The summed E-state index contributed by atoms with van der Waals surface area (Å²) >= 11 is 0. The van der Waals surface area contributed by atoms with Gasteiger partial charge >= 0.3 is 6.03 Å². The van der Waals surface area contributed by atoms with Gasteiger partial charge in [0.2, 0.25) is 5.91 Å². The van der Waals surface area contributed by atoms with Crippen molar-refractivity contribution in [2.75, 3.05) is 37.9 Å². The average molecular weight is 280 g/mol. The molecule has 0 aliphatic carbocycles. The first-order valence-electron chi connectivity index (χ1n) is 6.28. The Morgan fingerprint density at radius 2 is 1.85 bits per heavy atom. The van der Waals surface area contributed by atoms with Gasteiger partial charge in [-0.3, -0.25) is 4.79 Å². The van der Waals surface area contributed by atoms with Gasteiger partial charge in [-0.1, -0.05) is 0 Å². The van der Waals surface area contributed by atoms with E-state index in [-0.39, 0.29) is 24.9 Å². The predicted octanol–water partition coefficient (Wildman–Crippen LogP) is 0.543. The minimum absolute atomic E-state index is 0.130. The Balaban J connectivity index is 2.17. The van der Waals surface area contributed by atoms with Crippen molar-refractivity contribution in [1.82, 2.24) is 10.6 Å². The van der Waals surface area contributed by atoms with E-state index in [2.05, 4.69) is 16.0 Å². The van der Waals surface area contributed by atoms with Gasteiger partial charge in [0.15, 0.2) is 0 Å². The molecular weight excluding hydrogens is 260 g/mol. The number of benzene rings is 1. The number of nitrogens with two attached hydrogens (primary N) is 1. The highest BCUT2D eigenvalue weighted by Crippen LogP contribution is 2.09. The van der Waals surface area contributed by atoms with Gasteiger partial charge in [-0.2, -0.15) is 0 Å². The van der Waals surface area contributed by atoms with E-state index in [1.165, 1.54) is 0 Å². The molecule has 0 unspecified atom stereocenters.